The van der Waals surface area contributed by atoms with Crippen molar-refractivity contribution in [2.24, 2.45) is 5.73 Å². The van der Waals surface area contributed by atoms with Crippen LogP contribution in [0.4, 0.5) is 9.18 Å². The summed E-state index contributed by atoms with van der Waals surface area (Å²) in [6, 6.07) is 9.29. The zero-order chi connectivity index (χ0) is 18.4. The molecular weight excluding hydrogens is 370 g/mol. The van der Waals surface area contributed by atoms with E-state index >= 15 is 0 Å². The van der Waals surface area contributed by atoms with Gasteiger partial charge in [0.05, 0.1) is 17.5 Å². The molecule has 0 aromatic heterocycles. The lowest BCUT2D eigenvalue weighted by molar-refractivity contribution is -0.145. The Morgan fingerprint density at radius 2 is 1.80 bits per heavy atom. The molecule has 0 aliphatic rings. The standard InChI is InChI=1S/C17H15Cl2FN2O3/c18-12-5-2-1-4-10(12)15(22-17(21)24)8-16(23)25-9-11-13(19)6-3-7-14(11)20/h1-7,15H,8-9H2,(H3,21,22,24)/t15-/m1/s1. The molecule has 0 heterocycles. The summed E-state index contributed by atoms with van der Waals surface area (Å²) in [7, 11) is 0. The van der Waals surface area contributed by atoms with E-state index in [2.05, 4.69) is 5.32 Å². The third-order valence-corrected chi connectivity index (χ3v) is 4.11. The van der Waals surface area contributed by atoms with Crippen LogP contribution in [0.5, 0.6) is 0 Å². The van der Waals surface area contributed by atoms with Crippen LogP contribution in [0.15, 0.2) is 42.5 Å². The molecule has 3 N–H and O–H groups in total. The molecule has 0 saturated carbocycles. The summed E-state index contributed by atoms with van der Waals surface area (Å²) < 4.78 is 18.8. The Hall–Kier alpha value is -2.31. The van der Waals surface area contributed by atoms with E-state index in [0.29, 0.717) is 10.6 Å². The molecule has 0 radical (unpaired) electrons. The summed E-state index contributed by atoms with van der Waals surface area (Å²) in [5, 5.41) is 2.97. The number of ether oxygens (including phenoxy) is 1. The maximum absolute atomic E-state index is 13.7. The first-order valence-corrected chi connectivity index (χ1v) is 8.03. The summed E-state index contributed by atoms with van der Waals surface area (Å²) in [5.41, 5.74) is 5.74. The number of nitrogens with two attached hydrogens (primary N) is 1. The van der Waals surface area contributed by atoms with Crippen LogP contribution < -0.4 is 11.1 Å². The maximum atomic E-state index is 13.7. The van der Waals surface area contributed by atoms with Crippen LogP contribution in [0.3, 0.4) is 0 Å². The van der Waals surface area contributed by atoms with Gasteiger partial charge in [-0.15, -0.1) is 0 Å². The summed E-state index contributed by atoms with van der Waals surface area (Å²) >= 11 is 12.0. The molecule has 0 spiro atoms. The van der Waals surface area contributed by atoms with Crippen molar-refractivity contribution < 1.29 is 18.7 Å². The van der Waals surface area contributed by atoms with E-state index in [-0.39, 0.29) is 23.6 Å². The highest BCUT2D eigenvalue weighted by Crippen LogP contribution is 2.26. The molecule has 2 aromatic rings. The Bertz CT molecular complexity index is 766. The largest absolute Gasteiger partial charge is 0.461 e. The van der Waals surface area contributed by atoms with E-state index < -0.39 is 23.9 Å². The number of urea groups is 1. The van der Waals surface area contributed by atoms with Crippen LogP contribution in [0, 0.1) is 5.82 Å². The lowest BCUT2D eigenvalue weighted by Crippen LogP contribution is -2.34. The summed E-state index contributed by atoms with van der Waals surface area (Å²) in [4.78, 5) is 23.3. The van der Waals surface area contributed by atoms with Gasteiger partial charge in [0.1, 0.15) is 12.4 Å². The van der Waals surface area contributed by atoms with Gasteiger partial charge in [-0.2, -0.15) is 0 Å². The van der Waals surface area contributed by atoms with Gasteiger partial charge in [0.25, 0.3) is 0 Å². The van der Waals surface area contributed by atoms with Crippen LogP contribution in [0.2, 0.25) is 10.0 Å². The van der Waals surface area contributed by atoms with E-state index in [1.165, 1.54) is 18.2 Å². The van der Waals surface area contributed by atoms with Gasteiger partial charge in [-0.3, -0.25) is 4.79 Å². The second-order valence-corrected chi connectivity index (χ2v) is 5.96. The van der Waals surface area contributed by atoms with E-state index in [1.807, 2.05) is 0 Å². The van der Waals surface area contributed by atoms with Crippen LogP contribution in [-0.4, -0.2) is 12.0 Å². The fourth-order valence-electron chi connectivity index (χ4n) is 2.22. The third-order valence-electron chi connectivity index (χ3n) is 3.41. The first-order valence-electron chi connectivity index (χ1n) is 7.27. The van der Waals surface area contributed by atoms with Gasteiger partial charge in [-0.1, -0.05) is 47.5 Å². The van der Waals surface area contributed by atoms with E-state index in [9.17, 15) is 14.0 Å². The Kier molecular flexibility index (Phi) is 6.61. The van der Waals surface area contributed by atoms with Gasteiger partial charge >= 0.3 is 12.0 Å². The number of halogens is 3. The molecule has 2 aromatic carbocycles. The number of hydrogen-bond acceptors (Lipinski definition) is 3. The highest BCUT2D eigenvalue weighted by molar-refractivity contribution is 6.31. The zero-order valence-electron chi connectivity index (χ0n) is 13.0. The summed E-state index contributed by atoms with van der Waals surface area (Å²) in [5.74, 6) is -1.24. The predicted molar refractivity (Wildman–Crippen MR) is 92.7 cm³/mol. The minimum absolute atomic E-state index is 0.0784. The number of carbonyl (C=O) groups is 2. The highest BCUT2D eigenvalue weighted by Gasteiger charge is 2.21. The number of benzene rings is 2. The lowest BCUT2D eigenvalue weighted by atomic mass is 10.0. The Morgan fingerprint density at radius 3 is 2.44 bits per heavy atom. The van der Waals surface area contributed by atoms with Crippen LogP contribution >= 0.6 is 23.2 Å². The average molecular weight is 385 g/mol. The van der Waals surface area contributed by atoms with Crippen LogP contribution in [0.25, 0.3) is 0 Å². The predicted octanol–water partition coefficient (Wildman–Crippen LogP) is 3.98. The van der Waals surface area contributed by atoms with Crippen molar-refractivity contribution >= 4 is 35.2 Å². The first-order chi connectivity index (χ1) is 11.9. The van der Waals surface area contributed by atoms with E-state index in [1.54, 1.807) is 24.3 Å². The Morgan fingerprint density at radius 1 is 1.12 bits per heavy atom. The Labute approximate surface area is 153 Å². The number of hydrogen-bond donors (Lipinski definition) is 2. The van der Waals surface area contributed by atoms with Gasteiger partial charge in [0.15, 0.2) is 0 Å². The summed E-state index contributed by atoms with van der Waals surface area (Å²) in [6.45, 7) is -0.323. The van der Waals surface area contributed by atoms with Crippen molar-refractivity contribution in [2.75, 3.05) is 0 Å². The smallest absolute Gasteiger partial charge is 0.312 e. The Balaban J connectivity index is 2.07. The normalized spacial score (nSPS) is 11.6. The molecule has 2 amide bonds. The monoisotopic (exact) mass is 384 g/mol. The SMILES string of the molecule is NC(=O)N[C@H](CC(=O)OCc1c(F)cccc1Cl)c1ccccc1Cl. The van der Waals surface area contributed by atoms with Crippen molar-refractivity contribution in [1.82, 2.24) is 5.32 Å². The molecule has 5 nitrogen and oxygen atoms in total. The van der Waals surface area contributed by atoms with Gasteiger partial charge in [-0.05, 0) is 23.8 Å². The molecule has 0 saturated heterocycles. The molecule has 2 rings (SSSR count). The van der Waals surface area contributed by atoms with E-state index in [0.717, 1.165) is 0 Å². The van der Waals surface area contributed by atoms with Gasteiger partial charge in [0.2, 0.25) is 0 Å². The van der Waals surface area contributed by atoms with Crippen molar-refractivity contribution in [2.45, 2.75) is 19.1 Å². The maximum Gasteiger partial charge on any atom is 0.312 e. The fraction of sp³-hybridized carbons (Fsp3) is 0.176. The van der Waals surface area contributed by atoms with Gasteiger partial charge in [0, 0.05) is 10.6 Å². The van der Waals surface area contributed by atoms with Gasteiger partial charge < -0.3 is 15.8 Å². The van der Waals surface area contributed by atoms with Crippen LogP contribution in [-0.2, 0) is 16.1 Å². The second-order valence-electron chi connectivity index (χ2n) is 5.15. The minimum Gasteiger partial charge on any atom is -0.461 e. The second kappa shape index (κ2) is 8.69. The lowest BCUT2D eigenvalue weighted by Gasteiger charge is -2.18. The number of amides is 2. The first kappa shape index (κ1) is 19.0. The molecule has 0 bridgehead atoms. The summed E-state index contributed by atoms with van der Waals surface area (Å²) in [6.07, 6.45) is -0.223. The molecule has 0 fully saturated rings. The quantitative estimate of drug-likeness (QED) is 0.739. The molecule has 0 unspecified atom stereocenters. The number of rotatable bonds is 6. The number of nitrogens with one attached hydrogen (secondary N) is 1. The highest BCUT2D eigenvalue weighted by atomic mass is 35.5. The van der Waals surface area contributed by atoms with Crippen LogP contribution in [0.1, 0.15) is 23.6 Å². The fourth-order valence-corrected chi connectivity index (χ4v) is 2.70. The zero-order valence-corrected chi connectivity index (χ0v) is 14.5. The number of carbonyl (C=O) groups excluding carboxylic acids is 2. The number of esters is 1. The minimum atomic E-state index is -0.810. The molecular formula is C17H15Cl2FN2O3. The number of primary amides is 1. The van der Waals surface area contributed by atoms with Gasteiger partial charge in [-0.25, -0.2) is 9.18 Å². The van der Waals surface area contributed by atoms with E-state index in [4.69, 9.17) is 33.7 Å². The van der Waals surface area contributed by atoms with Crippen molar-refractivity contribution in [3.8, 4) is 0 Å². The molecule has 8 heteroatoms. The molecule has 0 aliphatic heterocycles. The molecule has 1 atom stereocenters. The van der Waals surface area contributed by atoms with Crippen molar-refractivity contribution in [3.05, 3.63) is 69.5 Å². The molecule has 132 valence electrons. The average Bonchev–Trinajstić information content (AvgIpc) is 2.54. The third kappa shape index (κ3) is 5.34. The van der Waals surface area contributed by atoms with Crippen molar-refractivity contribution in [1.29, 1.82) is 0 Å². The molecule has 25 heavy (non-hydrogen) atoms. The topological polar surface area (TPSA) is 81.4 Å². The molecule has 0 aliphatic carbocycles. The van der Waals surface area contributed by atoms with Crippen molar-refractivity contribution in [3.63, 3.8) is 0 Å².